The minimum atomic E-state index is -0.00960. The minimum absolute atomic E-state index is 0.00960. The molecule has 1 heterocycles. The minimum Gasteiger partial charge on any atom is -0.325 e. The first-order valence-corrected chi connectivity index (χ1v) is 7.94. The van der Waals surface area contributed by atoms with Crippen molar-refractivity contribution < 1.29 is 4.79 Å². The molecule has 3 nitrogen and oxygen atoms in total. The molecule has 1 aromatic heterocycles. The molecular formula is C15H26N2OS. The molecule has 0 saturated heterocycles. The standard InChI is InChI=1S/C15H26N2OS/c1-11(2)6-5-7-12(3)16-10-15-14(8-9-19-15)17-13(4)18/h8-9,11-12,16H,5-7,10H2,1-4H3,(H,17,18). The highest BCUT2D eigenvalue weighted by Crippen LogP contribution is 2.22. The van der Waals surface area contributed by atoms with Gasteiger partial charge in [-0.25, -0.2) is 0 Å². The molecule has 0 aliphatic rings. The number of nitrogens with one attached hydrogen (secondary N) is 2. The first kappa shape index (κ1) is 16.2. The first-order valence-electron chi connectivity index (χ1n) is 7.06. The Morgan fingerprint density at radius 1 is 1.32 bits per heavy atom. The number of carbonyl (C=O) groups excluding carboxylic acids is 1. The van der Waals surface area contributed by atoms with E-state index in [1.54, 1.807) is 18.3 Å². The van der Waals surface area contributed by atoms with E-state index in [0.717, 1.165) is 18.2 Å². The number of amides is 1. The van der Waals surface area contributed by atoms with Crippen LogP contribution < -0.4 is 10.6 Å². The summed E-state index contributed by atoms with van der Waals surface area (Å²) in [7, 11) is 0. The van der Waals surface area contributed by atoms with Gasteiger partial charge in [0.05, 0.1) is 5.69 Å². The fourth-order valence-corrected chi connectivity index (χ4v) is 2.76. The number of thiophene rings is 1. The second-order valence-corrected chi connectivity index (χ2v) is 6.55. The predicted molar refractivity (Wildman–Crippen MR) is 83.6 cm³/mol. The van der Waals surface area contributed by atoms with E-state index in [1.165, 1.54) is 24.1 Å². The Labute approximate surface area is 120 Å². The van der Waals surface area contributed by atoms with E-state index in [4.69, 9.17) is 0 Å². The van der Waals surface area contributed by atoms with Gasteiger partial charge in [-0.1, -0.05) is 26.7 Å². The summed E-state index contributed by atoms with van der Waals surface area (Å²) in [5, 5.41) is 8.42. The Morgan fingerprint density at radius 2 is 2.05 bits per heavy atom. The summed E-state index contributed by atoms with van der Waals surface area (Å²) in [6, 6.07) is 2.48. The third-order valence-corrected chi connectivity index (χ3v) is 4.01. The summed E-state index contributed by atoms with van der Waals surface area (Å²) in [5.41, 5.74) is 0.944. The zero-order valence-electron chi connectivity index (χ0n) is 12.5. The lowest BCUT2D eigenvalue weighted by Gasteiger charge is -2.14. The molecule has 1 aromatic rings. The predicted octanol–water partition coefficient (Wildman–Crippen LogP) is 4.01. The topological polar surface area (TPSA) is 41.1 Å². The van der Waals surface area contributed by atoms with E-state index in [-0.39, 0.29) is 5.91 Å². The number of hydrogen-bond donors (Lipinski definition) is 2. The molecule has 1 rings (SSSR count). The van der Waals surface area contributed by atoms with Crippen LogP contribution in [-0.2, 0) is 11.3 Å². The number of rotatable bonds is 8. The van der Waals surface area contributed by atoms with Gasteiger partial charge in [0.15, 0.2) is 0 Å². The van der Waals surface area contributed by atoms with Crippen LogP contribution in [0.3, 0.4) is 0 Å². The van der Waals surface area contributed by atoms with Gasteiger partial charge in [0.1, 0.15) is 0 Å². The van der Waals surface area contributed by atoms with E-state index < -0.39 is 0 Å². The second-order valence-electron chi connectivity index (χ2n) is 5.55. The van der Waals surface area contributed by atoms with Gasteiger partial charge in [-0.05, 0) is 30.7 Å². The highest BCUT2D eigenvalue weighted by Gasteiger charge is 2.08. The molecule has 1 unspecified atom stereocenters. The average molecular weight is 282 g/mol. The number of anilines is 1. The lowest BCUT2D eigenvalue weighted by molar-refractivity contribution is -0.114. The van der Waals surface area contributed by atoms with Crippen LogP contribution in [0.15, 0.2) is 11.4 Å². The Morgan fingerprint density at radius 3 is 2.68 bits per heavy atom. The molecule has 0 aliphatic carbocycles. The molecule has 2 N–H and O–H groups in total. The Kier molecular flexibility index (Phi) is 7.10. The van der Waals surface area contributed by atoms with Gasteiger partial charge < -0.3 is 10.6 Å². The molecule has 1 amide bonds. The summed E-state index contributed by atoms with van der Waals surface area (Å²) >= 11 is 1.69. The molecule has 0 spiro atoms. The highest BCUT2D eigenvalue weighted by molar-refractivity contribution is 7.10. The lowest BCUT2D eigenvalue weighted by Crippen LogP contribution is -2.25. The maximum Gasteiger partial charge on any atom is 0.221 e. The van der Waals surface area contributed by atoms with Gasteiger partial charge in [0.25, 0.3) is 0 Å². The van der Waals surface area contributed by atoms with Crippen LogP contribution in [0.4, 0.5) is 5.69 Å². The van der Waals surface area contributed by atoms with E-state index in [0.29, 0.717) is 6.04 Å². The van der Waals surface area contributed by atoms with Crippen molar-refractivity contribution in [3.63, 3.8) is 0 Å². The monoisotopic (exact) mass is 282 g/mol. The molecule has 0 aliphatic heterocycles. The van der Waals surface area contributed by atoms with Crippen LogP contribution in [0.5, 0.6) is 0 Å². The highest BCUT2D eigenvalue weighted by atomic mass is 32.1. The zero-order chi connectivity index (χ0) is 14.3. The summed E-state index contributed by atoms with van der Waals surface area (Å²) in [6.45, 7) is 9.14. The third-order valence-electron chi connectivity index (χ3n) is 3.09. The maximum absolute atomic E-state index is 11.1. The van der Waals surface area contributed by atoms with Gasteiger partial charge in [-0.2, -0.15) is 0 Å². The molecule has 4 heteroatoms. The van der Waals surface area contributed by atoms with Crippen molar-refractivity contribution in [2.24, 2.45) is 5.92 Å². The van der Waals surface area contributed by atoms with E-state index in [9.17, 15) is 4.79 Å². The normalized spacial score (nSPS) is 12.7. The summed E-state index contributed by atoms with van der Waals surface area (Å²) in [5.74, 6) is 0.778. The van der Waals surface area contributed by atoms with Gasteiger partial charge in [0, 0.05) is 24.4 Å². The second kappa shape index (κ2) is 8.33. The Balaban J connectivity index is 2.31. The van der Waals surface area contributed by atoms with E-state index in [1.807, 2.05) is 11.4 Å². The van der Waals surface area contributed by atoms with Crippen LogP contribution in [0.2, 0.25) is 0 Å². The van der Waals surface area contributed by atoms with Crippen molar-refractivity contribution in [1.82, 2.24) is 5.32 Å². The largest absolute Gasteiger partial charge is 0.325 e. The fraction of sp³-hybridized carbons (Fsp3) is 0.667. The molecule has 0 fully saturated rings. The van der Waals surface area contributed by atoms with Crippen molar-refractivity contribution in [1.29, 1.82) is 0 Å². The zero-order valence-corrected chi connectivity index (χ0v) is 13.3. The molecular weight excluding hydrogens is 256 g/mol. The van der Waals surface area contributed by atoms with Gasteiger partial charge >= 0.3 is 0 Å². The van der Waals surface area contributed by atoms with Crippen LogP contribution in [0.25, 0.3) is 0 Å². The molecule has 0 radical (unpaired) electrons. The van der Waals surface area contributed by atoms with Crippen LogP contribution in [-0.4, -0.2) is 11.9 Å². The SMILES string of the molecule is CC(=O)Nc1ccsc1CNC(C)CCCC(C)C. The van der Waals surface area contributed by atoms with E-state index >= 15 is 0 Å². The summed E-state index contributed by atoms with van der Waals surface area (Å²) in [6.07, 6.45) is 3.77. The van der Waals surface area contributed by atoms with Crippen molar-refractivity contribution >= 4 is 22.9 Å². The smallest absolute Gasteiger partial charge is 0.221 e. The molecule has 0 bridgehead atoms. The van der Waals surface area contributed by atoms with Gasteiger partial charge in [-0.3, -0.25) is 4.79 Å². The molecule has 1 atom stereocenters. The first-order chi connectivity index (χ1) is 8.99. The summed E-state index contributed by atoms with van der Waals surface area (Å²) < 4.78 is 0. The number of hydrogen-bond acceptors (Lipinski definition) is 3. The van der Waals surface area contributed by atoms with Gasteiger partial charge in [0.2, 0.25) is 5.91 Å². The lowest BCUT2D eigenvalue weighted by atomic mass is 10.0. The maximum atomic E-state index is 11.1. The Bertz CT molecular complexity index is 387. The van der Waals surface area contributed by atoms with Gasteiger partial charge in [-0.15, -0.1) is 11.3 Å². The van der Waals surface area contributed by atoms with E-state index in [2.05, 4.69) is 31.4 Å². The van der Waals surface area contributed by atoms with Crippen molar-refractivity contribution in [3.8, 4) is 0 Å². The van der Waals surface area contributed by atoms with Crippen LogP contribution >= 0.6 is 11.3 Å². The molecule has 19 heavy (non-hydrogen) atoms. The molecule has 0 saturated carbocycles. The van der Waals surface area contributed by atoms with Crippen molar-refractivity contribution in [2.75, 3.05) is 5.32 Å². The van der Waals surface area contributed by atoms with Crippen molar-refractivity contribution in [3.05, 3.63) is 16.3 Å². The number of carbonyl (C=O) groups is 1. The summed E-state index contributed by atoms with van der Waals surface area (Å²) in [4.78, 5) is 12.3. The molecule has 0 aromatic carbocycles. The van der Waals surface area contributed by atoms with Crippen LogP contribution in [0, 0.1) is 5.92 Å². The quantitative estimate of drug-likeness (QED) is 0.756. The van der Waals surface area contributed by atoms with Crippen LogP contribution in [0.1, 0.15) is 51.8 Å². The average Bonchev–Trinajstić information content (AvgIpc) is 2.72. The van der Waals surface area contributed by atoms with Crippen molar-refractivity contribution in [2.45, 2.75) is 59.5 Å². The third kappa shape index (κ3) is 6.73. The fourth-order valence-electron chi connectivity index (χ4n) is 1.98. The Hall–Kier alpha value is -0.870. The molecule has 108 valence electrons.